The van der Waals surface area contributed by atoms with Gasteiger partial charge in [0, 0.05) is 5.54 Å². The number of nitrogens with one attached hydrogen (secondary N) is 1. The van der Waals surface area contributed by atoms with Gasteiger partial charge in [0.05, 0.1) is 10.2 Å². The van der Waals surface area contributed by atoms with Crippen molar-refractivity contribution in [2.75, 3.05) is 5.32 Å². The van der Waals surface area contributed by atoms with Crippen molar-refractivity contribution in [2.45, 2.75) is 25.3 Å². The van der Waals surface area contributed by atoms with Crippen LogP contribution in [0.3, 0.4) is 0 Å². The quantitative estimate of drug-likeness (QED) is 0.819. The first-order valence-corrected chi connectivity index (χ1v) is 5.61. The van der Waals surface area contributed by atoms with Crippen LogP contribution in [-0.2, 0) is 0 Å². The molecule has 0 atom stereocenters. The molecule has 0 spiro atoms. The Morgan fingerprint density at radius 2 is 2.29 bits per heavy atom. The van der Waals surface area contributed by atoms with E-state index in [0.717, 1.165) is 11.3 Å². The topological polar surface area (TPSA) is 37.8 Å². The van der Waals surface area contributed by atoms with Gasteiger partial charge in [0.1, 0.15) is 12.1 Å². The highest BCUT2D eigenvalue weighted by molar-refractivity contribution is 7.17. The number of rotatable bonds is 2. The van der Waals surface area contributed by atoms with Crippen molar-refractivity contribution in [2.24, 2.45) is 0 Å². The smallest absolute Gasteiger partial charge is 0.147 e. The Balaban J connectivity index is 2.06. The van der Waals surface area contributed by atoms with Crippen molar-refractivity contribution in [1.29, 1.82) is 0 Å². The van der Waals surface area contributed by atoms with Crippen LogP contribution in [0.2, 0.25) is 0 Å². The van der Waals surface area contributed by atoms with Crippen molar-refractivity contribution < 1.29 is 0 Å². The number of fused-ring (bicyclic) bond motifs is 1. The Morgan fingerprint density at radius 1 is 1.43 bits per heavy atom. The molecule has 4 heteroatoms. The molecule has 1 saturated carbocycles. The molecule has 0 aromatic carbocycles. The van der Waals surface area contributed by atoms with Gasteiger partial charge in [0.2, 0.25) is 0 Å². The fourth-order valence-electron chi connectivity index (χ4n) is 1.48. The zero-order valence-electron chi connectivity index (χ0n) is 7.95. The van der Waals surface area contributed by atoms with Crippen molar-refractivity contribution in [1.82, 2.24) is 9.97 Å². The van der Waals surface area contributed by atoms with Gasteiger partial charge in [-0.15, -0.1) is 11.3 Å². The number of nitrogens with zero attached hydrogens (tertiary/aromatic N) is 2. The Kier molecular flexibility index (Phi) is 1.56. The number of hydrogen-bond donors (Lipinski definition) is 1. The highest BCUT2D eigenvalue weighted by atomic mass is 32.1. The number of aromatic nitrogens is 2. The van der Waals surface area contributed by atoms with Gasteiger partial charge in [-0.25, -0.2) is 9.97 Å². The van der Waals surface area contributed by atoms with Crippen molar-refractivity contribution in [3.05, 3.63) is 17.8 Å². The van der Waals surface area contributed by atoms with Crippen molar-refractivity contribution in [3.8, 4) is 0 Å². The van der Waals surface area contributed by atoms with E-state index in [2.05, 4.69) is 27.6 Å². The van der Waals surface area contributed by atoms with E-state index in [1.165, 1.54) is 17.5 Å². The molecule has 0 unspecified atom stereocenters. The molecule has 0 amide bonds. The van der Waals surface area contributed by atoms with E-state index in [0.29, 0.717) is 0 Å². The lowest BCUT2D eigenvalue weighted by Gasteiger charge is -2.11. The van der Waals surface area contributed by atoms with E-state index < -0.39 is 0 Å². The van der Waals surface area contributed by atoms with E-state index in [9.17, 15) is 0 Å². The first-order valence-electron chi connectivity index (χ1n) is 4.73. The maximum Gasteiger partial charge on any atom is 0.147 e. The molecule has 1 aliphatic carbocycles. The Hall–Kier alpha value is -1.16. The summed E-state index contributed by atoms with van der Waals surface area (Å²) in [6, 6.07) is 2.03. The molecule has 14 heavy (non-hydrogen) atoms. The monoisotopic (exact) mass is 205 g/mol. The Morgan fingerprint density at radius 3 is 3.07 bits per heavy atom. The van der Waals surface area contributed by atoms with E-state index in [-0.39, 0.29) is 5.54 Å². The summed E-state index contributed by atoms with van der Waals surface area (Å²) in [5.74, 6) is 0.991. The fraction of sp³-hybridized carbons (Fsp3) is 0.400. The van der Waals surface area contributed by atoms with Crippen LogP contribution < -0.4 is 5.32 Å². The van der Waals surface area contributed by atoms with E-state index >= 15 is 0 Å². The lowest BCUT2D eigenvalue weighted by Crippen LogP contribution is -2.16. The zero-order valence-corrected chi connectivity index (χ0v) is 8.77. The third-order valence-corrected chi connectivity index (χ3v) is 3.57. The first kappa shape index (κ1) is 8.17. The molecule has 1 aliphatic rings. The lowest BCUT2D eigenvalue weighted by atomic mass is 10.3. The molecule has 1 fully saturated rings. The largest absolute Gasteiger partial charge is 0.364 e. The highest BCUT2D eigenvalue weighted by Gasteiger charge is 2.37. The molecular formula is C10H11N3S. The van der Waals surface area contributed by atoms with Gasteiger partial charge in [-0.2, -0.15) is 0 Å². The van der Waals surface area contributed by atoms with Gasteiger partial charge < -0.3 is 5.32 Å². The minimum absolute atomic E-state index is 0.283. The molecule has 3 rings (SSSR count). The molecule has 0 bridgehead atoms. The van der Waals surface area contributed by atoms with Crippen LogP contribution >= 0.6 is 11.3 Å². The number of anilines is 1. The summed E-state index contributed by atoms with van der Waals surface area (Å²) in [5.41, 5.74) is 1.32. The zero-order chi connectivity index (χ0) is 9.60. The maximum absolute atomic E-state index is 4.29. The van der Waals surface area contributed by atoms with Crippen LogP contribution in [0.5, 0.6) is 0 Å². The van der Waals surface area contributed by atoms with Crippen LogP contribution in [0.25, 0.3) is 10.2 Å². The summed E-state index contributed by atoms with van der Waals surface area (Å²) >= 11 is 1.69. The average Bonchev–Trinajstić information content (AvgIpc) is 2.73. The molecule has 0 aliphatic heterocycles. The molecule has 0 saturated heterocycles. The average molecular weight is 205 g/mol. The van der Waals surface area contributed by atoms with Gasteiger partial charge in [0.25, 0.3) is 0 Å². The third kappa shape index (κ3) is 1.26. The van der Waals surface area contributed by atoms with Crippen LogP contribution in [-0.4, -0.2) is 15.5 Å². The van der Waals surface area contributed by atoms with Gasteiger partial charge >= 0.3 is 0 Å². The van der Waals surface area contributed by atoms with Crippen LogP contribution in [0, 0.1) is 0 Å². The minimum Gasteiger partial charge on any atom is -0.364 e. The van der Waals surface area contributed by atoms with Gasteiger partial charge in [0.15, 0.2) is 0 Å². The summed E-state index contributed by atoms with van der Waals surface area (Å²) in [7, 11) is 0. The summed E-state index contributed by atoms with van der Waals surface area (Å²) in [4.78, 5) is 8.50. The molecule has 2 aromatic heterocycles. The van der Waals surface area contributed by atoms with Gasteiger partial charge in [-0.1, -0.05) is 0 Å². The standard InChI is InChI=1S/C10H11N3S/c1-10(3-4-10)13-9-8-7(2-5-14-8)11-6-12-9/h2,5-6H,3-4H2,1H3,(H,11,12,13). The normalized spacial score (nSPS) is 18.4. The summed E-state index contributed by atoms with van der Waals surface area (Å²) in [5, 5.41) is 5.54. The van der Waals surface area contributed by atoms with E-state index in [1.807, 2.05) is 6.07 Å². The second kappa shape index (κ2) is 2.67. The van der Waals surface area contributed by atoms with Crippen LogP contribution in [0.15, 0.2) is 17.8 Å². The number of thiophene rings is 1. The SMILES string of the molecule is CC1(Nc2ncnc3ccsc23)CC1. The molecule has 1 N–H and O–H groups in total. The Labute approximate surface area is 86.2 Å². The summed E-state index contributed by atoms with van der Waals surface area (Å²) in [6.45, 7) is 2.23. The molecule has 72 valence electrons. The van der Waals surface area contributed by atoms with Gasteiger partial charge in [-0.3, -0.25) is 0 Å². The second-order valence-electron chi connectivity index (χ2n) is 4.04. The maximum atomic E-state index is 4.29. The van der Waals surface area contributed by atoms with Crippen molar-refractivity contribution in [3.63, 3.8) is 0 Å². The van der Waals surface area contributed by atoms with Gasteiger partial charge in [-0.05, 0) is 31.2 Å². The van der Waals surface area contributed by atoms with Crippen LogP contribution in [0.4, 0.5) is 5.82 Å². The molecule has 3 nitrogen and oxygen atoms in total. The second-order valence-corrected chi connectivity index (χ2v) is 4.96. The number of hydrogen-bond acceptors (Lipinski definition) is 4. The third-order valence-electron chi connectivity index (χ3n) is 2.66. The van der Waals surface area contributed by atoms with Crippen molar-refractivity contribution >= 4 is 27.4 Å². The summed E-state index contributed by atoms with van der Waals surface area (Å²) < 4.78 is 1.17. The highest BCUT2D eigenvalue weighted by Crippen LogP contribution is 2.39. The predicted molar refractivity (Wildman–Crippen MR) is 58.7 cm³/mol. The minimum atomic E-state index is 0.283. The molecule has 2 heterocycles. The molecule has 0 radical (unpaired) electrons. The summed E-state index contributed by atoms with van der Waals surface area (Å²) in [6.07, 6.45) is 4.11. The Bertz CT molecular complexity index is 473. The fourth-order valence-corrected chi connectivity index (χ4v) is 2.27. The van der Waals surface area contributed by atoms with E-state index in [1.54, 1.807) is 17.7 Å². The molecule has 2 aromatic rings. The van der Waals surface area contributed by atoms with Crippen LogP contribution in [0.1, 0.15) is 19.8 Å². The lowest BCUT2D eigenvalue weighted by molar-refractivity contribution is 0.823. The van der Waals surface area contributed by atoms with E-state index in [4.69, 9.17) is 0 Å². The first-order chi connectivity index (χ1) is 6.77. The predicted octanol–water partition coefficient (Wildman–Crippen LogP) is 2.66. The molecular weight excluding hydrogens is 194 g/mol.